The molecule has 1 aromatic carbocycles. The maximum atomic E-state index is 11.7. The summed E-state index contributed by atoms with van der Waals surface area (Å²) in [5.41, 5.74) is 1.47. The Morgan fingerprint density at radius 2 is 2.00 bits per heavy atom. The number of hydrogen-bond donors (Lipinski definition) is 1. The highest BCUT2D eigenvalue weighted by Gasteiger charge is 2.42. The van der Waals surface area contributed by atoms with Gasteiger partial charge in [0.1, 0.15) is 0 Å². The Bertz CT molecular complexity index is 606. The van der Waals surface area contributed by atoms with Gasteiger partial charge in [0.15, 0.2) is 0 Å². The van der Waals surface area contributed by atoms with Crippen molar-refractivity contribution in [3.63, 3.8) is 0 Å². The van der Waals surface area contributed by atoms with Crippen molar-refractivity contribution in [3.8, 4) is 0 Å². The molecule has 0 unspecified atom stereocenters. The molecule has 2 aromatic rings. The summed E-state index contributed by atoms with van der Waals surface area (Å²) in [6.07, 6.45) is 5.57. The third-order valence-corrected chi connectivity index (χ3v) is 4.30. The van der Waals surface area contributed by atoms with Crippen LogP contribution in [-0.4, -0.2) is 15.6 Å². The van der Waals surface area contributed by atoms with Crippen LogP contribution in [0.15, 0.2) is 30.5 Å². The number of hydrogen-bond acceptors (Lipinski definition) is 1. The smallest absolute Gasteiger partial charge is 0.314 e. The van der Waals surface area contributed by atoms with Gasteiger partial charge >= 0.3 is 5.97 Å². The highest BCUT2D eigenvalue weighted by molar-refractivity contribution is 5.86. The van der Waals surface area contributed by atoms with E-state index in [0.717, 1.165) is 42.1 Å². The molecule has 3 heteroatoms. The number of fused-ring (bicyclic) bond motifs is 1. The van der Waals surface area contributed by atoms with Crippen LogP contribution in [0.1, 0.15) is 31.2 Å². The van der Waals surface area contributed by atoms with Crippen LogP contribution in [-0.2, 0) is 17.3 Å². The molecule has 0 aliphatic heterocycles. The third-order valence-electron chi connectivity index (χ3n) is 4.30. The maximum Gasteiger partial charge on any atom is 0.314 e. The average molecular weight is 243 g/mol. The number of carbonyl (C=O) groups is 1. The lowest BCUT2D eigenvalue weighted by atomic mass is 9.78. The Kier molecular flexibility index (Phi) is 2.44. The molecule has 0 amide bonds. The second-order valence-corrected chi connectivity index (χ2v) is 5.29. The summed E-state index contributed by atoms with van der Waals surface area (Å²) in [6, 6.07) is 8.12. The lowest BCUT2D eigenvalue weighted by Gasteiger charge is -2.24. The third kappa shape index (κ3) is 1.47. The fraction of sp³-hybridized carbons (Fsp3) is 0.400. The van der Waals surface area contributed by atoms with Crippen molar-refractivity contribution in [1.29, 1.82) is 0 Å². The number of aliphatic carboxylic acids is 1. The van der Waals surface area contributed by atoms with E-state index >= 15 is 0 Å². The standard InChI is InChI=1S/C15H17NO2/c1-16-9-6-11-10-12(4-5-13(11)16)15(14(17)18)7-2-3-8-15/h4-6,9-10H,2-3,7-8H2,1H3,(H,17,18). The SMILES string of the molecule is Cn1ccc2cc(C3(C(=O)O)CCCC3)ccc21. The summed E-state index contributed by atoms with van der Waals surface area (Å²) < 4.78 is 2.06. The fourth-order valence-corrected chi connectivity index (χ4v) is 3.18. The van der Waals surface area contributed by atoms with Crippen molar-refractivity contribution in [2.75, 3.05) is 0 Å². The Morgan fingerprint density at radius 1 is 1.28 bits per heavy atom. The molecule has 1 fully saturated rings. The number of carboxylic acid groups (broad SMARTS) is 1. The number of rotatable bonds is 2. The summed E-state index contributed by atoms with van der Waals surface area (Å²) in [5, 5.41) is 10.7. The van der Waals surface area contributed by atoms with E-state index in [1.807, 2.05) is 31.4 Å². The Hall–Kier alpha value is -1.77. The van der Waals surface area contributed by atoms with E-state index in [9.17, 15) is 9.90 Å². The monoisotopic (exact) mass is 243 g/mol. The molecule has 3 nitrogen and oxygen atoms in total. The minimum Gasteiger partial charge on any atom is -0.481 e. The highest BCUT2D eigenvalue weighted by Crippen LogP contribution is 2.42. The van der Waals surface area contributed by atoms with Crippen molar-refractivity contribution in [2.24, 2.45) is 7.05 Å². The first-order chi connectivity index (χ1) is 8.63. The van der Waals surface area contributed by atoms with Crippen LogP contribution >= 0.6 is 0 Å². The lowest BCUT2D eigenvalue weighted by Crippen LogP contribution is -2.32. The summed E-state index contributed by atoms with van der Waals surface area (Å²) in [6.45, 7) is 0. The molecular weight excluding hydrogens is 226 g/mol. The molecule has 0 spiro atoms. The number of nitrogens with zero attached hydrogens (tertiary/aromatic N) is 1. The highest BCUT2D eigenvalue weighted by atomic mass is 16.4. The Labute approximate surface area is 106 Å². The van der Waals surface area contributed by atoms with Crippen molar-refractivity contribution >= 4 is 16.9 Å². The normalized spacial score (nSPS) is 18.3. The van der Waals surface area contributed by atoms with E-state index < -0.39 is 11.4 Å². The predicted octanol–water partition coefficient (Wildman–Crippen LogP) is 3.07. The van der Waals surface area contributed by atoms with Crippen LogP contribution in [0.4, 0.5) is 0 Å². The number of benzene rings is 1. The van der Waals surface area contributed by atoms with Gasteiger partial charge in [0.2, 0.25) is 0 Å². The van der Waals surface area contributed by atoms with Gasteiger partial charge in [-0.2, -0.15) is 0 Å². The molecule has 1 aliphatic rings. The number of aryl methyl sites for hydroxylation is 1. The second kappa shape index (κ2) is 3.87. The van der Waals surface area contributed by atoms with Crippen LogP contribution in [0.5, 0.6) is 0 Å². The van der Waals surface area contributed by atoms with Crippen molar-refractivity contribution in [3.05, 3.63) is 36.0 Å². The number of carboxylic acids is 1. The molecule has 3 rings (SSSR count). The van der Waals surface area contributed by atoms with E-state index in [4.69, 9.17) is 0 Å². The van der Waals surface area contributed by atoms with Crippen molar-refractivity contribution < 1.29 is 9.90 Å². The van der Waals surface area contributed by atoms with Crippen LogP contribution in [0.2, 0.25) is 0 Å². The molecule has 1 aliphatic carbocycles. The average Bonchev–Trinajstić information content (AvgIpc) is 2.97. The molecule has 0 radical (unpaired) electrons. The first kappa shape index (κ1) is 11.3. The van der Waals surface area contributed by atoms with Crippen molar-refractivity contribution in [2.45, 2.75) is 31.1 Å². The van der Waals surface area contributed by atoms with Gasteiger partial charge in [-0.25, -0.2) is 0 Å². The van der Waals surface area contributed by atoms with E-state index in [-0.39, 0.29) is 0 Å². The zero-order chi connectivity index (χ0) is 12.8. The van der Waals surface area contributed by atoms with Gasteiger partial charge in [0.25, 0.3) is 0 Å². The van der Waals surface area contributed by atoms with E-state index in [0.29, 0.717) is 0 Å². The minimum absolute atomic E-state index is 0.649. The Balaban J connectivity index is 2.15. The van der Waals surface area contributed by atoms with Gasteiger partial charge in [-0.1, -0.05) is 18.9 Å². The molecule has 0 bridgehead atoms. The van der Waals surface area contributed by atoms with Gasteiger partial charge < -0.3 is 9.67 Å². The molecule has 94 valence electrons. The summed E-state index contributed by atoms with van der Waals surface area (Å²) in [5.74, 6) is -0.671. The maximum absolute atomic E-state index is 11.7. The van der Waals surface area contributed by atoms with Gasteiger partial charge in [-0.15, -0.1) is 0 Å². The predicted molar refractivity (Wildman–Crippen MR) is 70.7 cm³/mol. The fourth-order valence-electron chi connectivity index (χ4n) is 3.18. The molecule has 0 saturated heterocycles. The molecule has 1 N–H and O–H groups in total. The van der Waals surface area contributed by atoms with Gasteiger partial charge in [-0.05, 0) is 42.0 Å². The van der Waals surface area contributed by atoms with Crippen LogP contribution < -0.4 is 0 Å². The quantitative estimate of drug-likeness (QED) is 0.880. The Morgan fingerprint density at radius 3 is 2.67 bits per heavy atom. The molecule has 18 heavy (non-hydrogen) atoms. The number of aromatic nitrogens is 1. The zero-order valence-corrected chi connectivity index (χ0v) is 10.5. The van der Waals surface area contributed by atoms with Crippen LogP contribution in [0, 0.1) is 0 Å². The van der Waals surface area contributed by atoms with E-state index in [1.165, 1.54) is 0 Å². The largest absolute Gasteiger partial charge is 0.481 e. The van der Waals surface area contributed by atoms with E-state index in [2.05, 4.69) is 10.6 Å². The van der Waals surface area contributed by atoms with E-state index in [1.54, 1.807) is 0 Å². The van der Waals surface area contributed by atoms with Crippen molar-refractivity contribution in [1.82, 2.24) is 4.57 Å². The van der Waals surface area contributed by atoms with Crippen LogP contribution in [0.3, 0.4) is 0 Å². The topological polar surface area (TPSA) is 42.2 Å². The van der Waals surface area contributed by atoms with Gasteiger partial charge in [-0.3, -0.25) is 4.79 Å². The molecular formula is C15H17NO2. The minimum atomic E-state index is -0.671. The van der Waals surface area contributed by atoms with Gasteiger partial charge in [0.05, 0.1) is 5.41 Å². The molecule has 0 atom stereocenters. The second-order valence-electron chi connectivity index (χ2n) is 5.29. The summed E-state index contributed by atoms with van der Waals surface area (Å²) in [7, 11) is 2.00. The first-order valence-electron chi connectivity index (χ1n) is 6.42. The first-order valence-corrected chi connectivity index (χ1v) is 6.42. The summed E-state index contributed by atoms with van der Waals surface area (Å²) in [4.78, 5) is 11.7. The summed E-state index contributed by atoms with van der Waals surface area (Å²) >= 11 is 0. The van der Waals surface area contributed by atoms with Gasteiger partial charge in [0, 0.05) is 18.8 Å². The molecule has 1 aromatic heterocycles. The zero-order valence-electron chi connectivity index (χ0n) is 10.5. The lowest BCUT2D eigenvalue weighted by molar-refractivity contribution is -0.143. The molecule has 1 heterocycles. The van der Waals surface area contributed by atoms with Crippen LogP contribution in [0.25, 0.3) is 10.9 Å². The molecule has 1 saturated carbocycles.